The van der Waals surface area contributed by atoms with E-state index in [4.69, 9.17) is 4.99 Å². The van der Waals surface area contributed by atoms with E-state index in [0.29, 0.717) is 12.5 Å². The number of urea groups is 1. The number of carbonyl (C=O) groups is 3. The lowest BCUT2D eigenvalue weighted by Crippen LogP contribution is -2.58. The van der Waals surface area contributed by atoms with Crippen molar-refractivity contribution in [2.75, 3.05) is 6.54 Å². The molecule has 0 radical (unpaired) electrons. The summed E-state index contributed by atoms with van der Waals surface area (Å²) < 4.78 is 0. The lowest BCUT2D eigenvalue weighted by Gasteiger charge is -2.37. The Hall–Kier alpha value is -1.72. The maximum Gasteiger partial charge on any atom is 0.330 e. The van der Waals surface area contributed by atoms with Gasteiger partial charge >= 0.3 is 6.03 Å². The van der Waals surface area contributed by atoms with Crippen LogP contribution in [0.5, 0.6) is 0 Å². The molecule has 1 aliphatic heterocycles. The fraction of sp³-hybridized carbons (Fsp3) is 0.789. The van der Waals surface area contributed by atoms with E-state index in [-0.39, 0.29) is 16.9 Å². The number of amides is 4. The highest BCUT2D eigenvalue weighted by atomic mass is 16.2. The highest BCUT2D eigenvalue weighted by molar-refractivity contribution is 6.23. The van der Waals surface area contributed by atoms with Crippen LogP contribution in [0.2, 0.25) is 0 Å². The Kier molecular flexibility index (Phi) is 4.50. The quantitative estimate of drug-likeness (QED) is 0.613. The molecule has 3 rings (SSSR count). The molecule has 1 heterocycles. The van der Waals surface area contributed by atoms with Gasteiger partial charge in [0.1, 0.15) is 0 Å². The van der Waals surface area contributed by atoms with E-state index in [1.807, 2.05) is 6.92 Å². The van der Waals surface area contributed by atoms with E-state index < -0.39 is 23.8 Å². The number of fused-ring (bicyclic) bond motifs is 2. The number of rotatable bonds is 5. The van der Waals surface area contributed by atoms with Gasteiger partial charge in [-0.3, -0.25) is 24.8 Å². The van der Waals surface area contributed by atoms with Crippen LogP contribution in [-0.4, -0.2) is 41.5 Å². The Morgan fingerprint density at radius 3 is 2.56 bits per heavy atom. The average Bonchev–Trinajstić information content (AvgIpc) is 2.87. The molecule has 1 N–H and O–H groups in total. The molecule has 0 aromatic heterocycles. The Morgan fingerprint density at radius 2 is 2.00 bits per heavy atom. The van der Waals surface area contributed by atoms with Crippen molar-refractivity contribution < 1.29 is 14.4 Å². The second kappa shape index (κ2) is 6.22. The number of nitrogens with zero attached hydrogens (tertiary/aromatic N) is 2. The molecule has 2 aliphatic carbocycles. The summed E-state index contributed by atoms with van der Waals surface area (Å²) in [6.07, 6.45) is 6.49. The maximum atomic E-state index is 12.6. The molecule has 6 heteroatoms. The van der Waals surface area contributed by atoms with Gasteiger partial charge in [-0.05, 0) is 42.4 Å². The predicted molar refractivity (Wildman–Crippen MR) is 95.2 cm³/mol. The molecule has 2 bridgehead atoms. The summed E-state index contributed by atoms with van der Waals surface area (Å²) in [6.45, 7) is 9.23. The third kappa shape index (κ3) is 2.70. The molecular weight excluding hydrogens is 318 g/mol. The second-order valence-electron chi connectivity index (χ2n) is 8.54. The van der Waals surface area contributed by atoms with Crippen LogP contribution in [0.1, 0.15) is 59.8 Å². The minimum absolute atomic E-state index is 0.111. The van der Waals surface area contributed by atoms with Crippen molar-refractivity contribution in [3.63, 3.8) is 0 Å². The zero-order valence-corrected chi connectivity index (χ0v) is 15.7. The van der Waals surface area contributed by atoms with Gasteiger partial charge in [0.2, 0.25) is 11.8 Å². The smallest absolute Gasteiger partial charge is 0.292 e. The molecule has 1 saturated heterocycles. The van der Waals surface area contributed by atoms with Gasteiger partial charge in [-0.2, -0.15) is 0 Å². The second-order valence-corrected chi connectivity index (χ2v) is 8.54. The average molecular weight is 347 g/mol. The molecule has 0 unspecified atom stereocenters. The number of imide groups is 2. The molecule has 2 saturated carbocycles. The number of carbonyl (C=O) groups excluding carboxylic acids is 3. The molecule has 0 aromatic rings. The van der Waals surface area contributed by atoms with Crippen LogP contribution in [0, 0.1) is 22.7 Å². The predicted octanol–water partition coefficient (Wildman–Crippen LogP) is 2.77. The van der Waals surface area contributed by atoms with Crippen LogP contribution in [0.3, 0.4) is 0 Å². The minimum Gasteiger partial charge on any atom is -0.292 e. The summed E-state index contributed by atoms with van der Waals surface area (Å²) >= 11 is 0. The van der Waals surface area contributed by atoms with Crippen LogP contribution in [0.25, 0.3) is 0 Å². The molecule has 3 aliphatic rings. The van der Waals surface area contributed by atoms with Crippen molar-refractivity contribution in [1.82, 2.24) is 10.2 Å². The van der Waals surface area contributed by atoms with E-state index in [1.54, 1.807) is 0 Å². The lowest BCUT2D eigenvalue weighted by atomic mass is 9.69. The van der Waals surface area contributed by atoms with Crippen molar-refractivity contribution in [1.29, 1.82) is 0 Å². The summed E-state index contributed by atoms with van der Waals surface area (Å²) in [5.74, 6) is -1.34. The molecule has 6 nitrogen and oxygen atoms in total. The van der Waals surface area contributed by atoms with Crippen molar-refractivity contribution in [2.45, 2.75) is 65.8 Å². The van der Waals surface area contributed by atoms with Gasteiger partial charge in [0.15, 0.2) is 5.92 Å². The third-order valence-corrected chi connectivity index (χ3v) is 7.19. The van der Waals surface area contributed by atoms with Gasteiger partial charge in [0.05, 0.1) is 6.04 Å². The number of barbiturate groups is 1. The van der Waals surface area contributed by atoms with E-state index in [9.17, 15) is 14.4 Å². The largest absolute Gasteiger partial charge is 0.330 e. The van der Waals surface area contributed by atoms with Crippen molar-refractivity contribution >= 4 is 24.1 Å². The van der Waals surface area contributed by atoms with Crippen LogP contribution in [0.15, 0.2) is 4.99 Å². The topological polar surface area (TPSA) is 78.8 Å². The van der Waals surface area contributed by atoms with E-state index in [2.05, 4.69) is 26.1 Å². The number of hydrogen-bond acceptors (Lipinski definition) is 4. The first-order valence-corrected chi connectivity index (χ1v) is 9.42. The number of hydrogen-bond donors (Lipinski definition) is 1. The fourth-order valence-corrected chi connectivity index (χ4v) is 4.87. The zero-order chi connectivity index (χ0) is 18.4. The fourth-order valence-electron chi connectivity index (χ4n) is 4.87. The van der Waals surface area contributed by atoms with Crippen molar-refractivity contribution in [3.05, 3.63) is 0 Å². The van der Waals surface area contributed by atoms with Crippen LogP contribution >= 0.6 is 0 Å². The Bertz CT molecular complexity index is 627. The molecule has 0 spiro atoms. The van der Waals surface area contributed by atoms with Gasteiger partial charge in [-0.25, -0.2) is 4.79 Å². The van der Waals surface area contributed by atoms with Gasteiger partial charge in [0, 0.05) is 12.8 Å². The summed E-state index contributed by atoms with van der Waals surface area (Å²) in [5, 5.41) is 2.29. The maximum absolute atomic E-state index is 12.6. The van der Waals surface area contributed by atoms with E-state index in [0.717, 1.165) is 30.6 Å². The Balaban J connectivity index is 1.75. The zero-order valence-electron chi connectivity index (χ0n) is 15.7. The number of aliphatic imine (C=N–C) groups is 1. The number of unbranched alkanes of at least 4 members (excludes halogenated alkanes) is 1. The first kappa shape index (κ1) is 18.1. The van der Waals surface area contributed by atoms with Gasteiger partial charge in [-0.1, -0.05) is 34.1 Å². The monoisotopic (exact) mass is 347 g/mol. The van der Waals surface area contributed by atoms with Crippen LogP contribution < -0.4 is 5.32 Å². The minimum atomic E-state index is -0.986. The summed E-state index contributed by atoms with van der Waals surface area (Å²) in [4.78, 5) is 42.4. The standard InChI is InChI=1S/C19H29N3O3/c1-5-6-9-22-16(24)13(15(23)21-17(22)25)11-20-14-10-12-7-8-19(14,4)18(12,2)3/h11-14H,5-10H2,1-4H3,(H,21,23,25)/t12-,13-,14-,19+/m0/s1. The molecule has 4 atom stereocenters. The molecule has 4 amide bonds. The first-order valence-electron chi connectivity index (χ1n) is 9.42. The lowest BCUT2D eigenvalue weighted by molar-refractivity contribution is -0.139. The van der Waals surface area contributed by atoms with E-state index >= 15 is 0 Å². The highest BCUT2D eigenvalue weighted by Crippen LogP contribution is 2.66. The normalized spacial score (nSPS) is 37.2. The molecule has 0 aromatic carbocycles. The SMILES string of the molecule is CCCCN1C(=O)NC(=O)[C@H](C=N[C@H]2C[C@@H]3CC[C@@]2(C)C3(C)C)C1=O. The Labute approximate surface area is 149 Å². The van der Waals surface area contributed by atoms with Crippen LogP contribution in [0.4, 0.5) is 4.79 Å². The van der Waals surface area contributed by atoms with Gasteiger partial charge < -0.3 is 0 Å². The van der Waals surface area contributed by atoms with Crippen LogP contribution in [-0.2, 0) is 9.59 Å². The third-order valence-electron chi connectivity index (χ3n) is 7.19. The molecule has 3 fully saturated rings. The van der Waals surface area contributed by atoms with E-state index in [1.165, 1.54) is 12.6 Å². The van der Waals surface area contributed by atoms with Gasteiger partial charge in [0.25, 0.3) is 0 Å². The Morgan fingerprint density at radius 1 is 1.28 bits per heavy atom. The molecular formula is C19H29N3O3. The summed E-state index contributed by atoms with van der Waals surface area (Å²) in [7, 11) is 0. The summed E-state index contributed by atoms with van der Waals surface area (Å²) in [6, 6.07) is -0.468. The van der Waals surface area contributed by atoms with Crippen molar-refractivity contribution in [3.8, 4) is 0 Å². The molecule has 25 heavy (non-hydrogen) atoms. The highest BCUT2D eigenvalue weighted by Gasteiger charge is 2.61. The van der Waals surface area contributed by atoms with Gasteiger partial charge in [-0.15, -0.1) is 0 Å². The number of nitrogens with one attached hydrogen (secondary N) is 1. The first-order chi connectivity index (χ1) is 11.7. The summed E-state index contributed by atoms with van der Waals surface area (Å²) in [5.41, 5.74) is 0.344. The van der Waals surface area contributed by atoms with Crippen molar-refractivity contribution in [2.24, 2.45) is 27.7 Å². The molecule has 138 valence electrons.